The van der Waals surface area contributed by atoms with Crippen LogP contribution in [-0.2, 0) is 9.53 Å². The zero-order chi connectivity index (χ0) is 10.7. The second-order valence-electron chi connectivity index (χ2n) is 3.76. The fourth-order valence-electron chi connectivity index (χ4n) is 2.14. The van der Waals surface area contributed by atoms with E-state index < -0.39 is 0 Å². The van der Waals surface area contributed by atoms with Crippen molar-refractivity contribution in [2.24, 2.45) is 0 Å². The summed E-state index contributed by atoms with van der Waals surface area (Å²) in [5, 5.41) is 3.18. The summed E-state index contributed by atoms with van der Waals surface area (Å²) in [5.74, 6) is 0.0833. The summed E-state index contributed by atoms with van der Waals surface area (Å²) in [6.45, 7) is 0.874. The highest BCUT2D eigenvalue weighted by molar-refractivity contribution is 5.85. The SMILES string of the molecule is COC(=O)[C@H]1NCC[C@H]1c1ccccc1.Cl. The third-order valence-corrected chi connectivity index (χ3v) is 2.90. The van der Waals surface area contributed by atoms with Crippen LogP contribution in [0.1, 0.15) is 17.9 Å². The van der Waals surface area contributed by atoms with Gasteiger partial charge in [0.05, 0.1) is 7.11 Å². The Labute approximate surface area is 102 Å². The Kier molecular flexibility index (Phi) is 4.77. The molecule has 1 N–H and O–H groups in total. The summed E-state index contributed by atoms with van der Waals surface area (Å²) < 4.78 is 4.78. The Morgan fingerprint density at radius 2 is 2.06 bits per heavy atom. The van der Waals surface area contributed by atoms with Crippen molar-refractivity contribution >= 4 is 18.4 Å². The maximum atomic E-state index is 11.5. The summed E-state index contributed by atoms with van der Waals surface area (Å²) >= 11 is 0. The van der Waals surface area contributed by atoms with E-state index in [1.165, 1.54) is 12.7 Å². The molecule has 3 nitrogen and oxygen atoms in total. The van der Waals surface area contributed by atoms with E-state index in [0.717, 1.165) is 13.0 Å². The molecule has 1 fully saturated rings. The van der Waals surface area contributed by atoms with E-state index in [0.29, 0.717) is 0 Å². The van der Waals surface area contributed by atoms with Crippen LogP contribution in [-0.4, -0.2) is 25.7 Å². The lowest BCUT2D eigenvalue weighted by Gasteiger charge is -2.17. The summed E-state index contributed by atoms with van der Waals surface area (Å²) in [5.41, 5.74) is 1.21. The molecule has 1 aromatic rings. The lowest BCUT2D eigenvalue weighted by atomic mass is 9.92. The number of benzene rings is 1. The zero-order valence-corrected chi connectivity index (χ0v) is 10.00. The fraction of sp³-hybridized carbons (Fsp3) is 0.417. The molecule has 0 amide bonds. The van der Waals surface area contributed by atoms with Crippen molar-refractivity contribution in [3.63, 3.8) is 0 Å². The Morgan fingerprint density at radius 3 is 2.69 bits per heavy atom. The summed E-state index contributed by atoms with van der Waals surface area (Å²) in [4.78, 5) is 11.5. The van der Waals surface area contributed by atoms with Gasteiger partial charge in [0.2, 0.25) is 0 Å². The summed E-state index contributed by atoms with van der Waals surface area (Å²) in [6, 6.07) is 9.93. The molecular weight excluding hydrogens is 226 g/mol. The minimum atomic E-state index is -0.183. The average Bonchev–Trinajstić information content (AvgIpc) is 2.78. The molecule has 0 aliphatic carbocycles. The van der Waals surface area contributed by atoms with Gasteiger partial charge in [-0.05, 0) is 18.5 Å². The molecule has 0 spiro atoms. The standard InChI is InChI=1S/C12H15NO2.ClH/c1-15-12(14)11-10(7-8-13-11)9-5-3-2-4-6-9;/h2-6,10-11,13H,7-8H2,1H3;1H/t10-,11-;/m0./s1. The van der Waals surface area contributed by atoms with Gasteiger partial charge in [-0.15, -0.1) is 12.4 Å². The normalized spacial score (nSPS) is 23.6. The number of hydrogen-bond donors (Lipinski definition) is 1. The monoisotopic (exact) mass is 241 g/mol. The molecule has 0 aromatic heterocycles. The molecule has 16 heavy (non-hydrogen) atoms. The molecule has 0 bridgehead atoms. The first-order chi connectivity index (χ1) is 7.33. The number of hydrogen-bond acceptors (Lipinski definition) is 3. The van der Waals surface area contributed by atoms with E-state index in [1.54, 1.807) is 0 Å². The number of esters is 1. The van der Waals surface area contributed by atoms with Crippen molar-refractivity contribution in [1.29, 1.82) is 0 Å². The maximum absolute atomic E-state index is 11.5. The highest BCUT2D eigenvalue weighted by atomic mass is 35.5. The fourth-order valence-corrected chi connectivity index (χ4v) is 2.14. The van der Waals surface area contributed by atoms with Crippen molar-refractivity contribution in [1.82, 2.24) is 5.32 Å². The summed E-state index contributed by atoms with van der Waals surface area (Å²) in [7, 11) is 1.43. The summed E-state index contributed by atoms with van der Waals surface area (Å²) in [6.07, 6.45) is 0.990. The van der Waals surface area contributed by atoms with Crippen LogP contribution in [0.5, 0.6) is 0 Å². The molecule has 1 aromatic carbocycles. The minimum absolute atomic E-state index is 0. The van der Waals surface area contributed by atoms with Gasteiger partial charge in [0.15, 0.2) is 0 Å². The number of halogens is 1. The van der Waals surface area contributed by atoms with E-state index in [1.807, 2.05) is 18.2 Å². The lowest BCUT2D eigenvalue weighted by molar-refractivity contribution is -0.143. The van der Waals surface area contributed by atoms with Crippen LogP contribution in [0.25, 0.3) is 0 Å². The van der Waals surface area contributed by atoms with Crippen molar-refractivity contribution in [3.8, 4) is 0 Å². The third-order valence-electron chi connectivity index (χ3n) is 2.90. The van der Waals surface area contributed by atoms with Gasteiger partial charge < -0.3 is 10.1 Å². The van der Waals surface area contributed by atoms with E-state index in [2.05, 4.69) is 17.4 Å². The highest BCUT2D eigenvalue weighted by Gasteiger charge is 2.34. The number of methoxy groups -OCH3 is 1. The maximum Gasteiger partial charge on any atom is 0.323 e. The lowest BCUT2D eigenvalue weighted by Crippen LogP contribution is -2.35. The minimum Gasteiger partial charge on any atom is -0.468 e. The van der Waals surface area contributed by atoms with E-state index in [9.17, 15) is 4.79 Å². The first kappa shape index (κ1) is 13.0. The number of rotatable bonds is 2. The molecule has 0 radical (unpaired) electrons. The van der Waals surface area contributed by atoms with Crippen LogP contribution >= 0.6 is 12.4 Å². The van der Waals surface area contributed by atoms with Crippen LogP contribution in [0.4, 0.5) is 0 Å². The first-order valence-electron chi connectivity index (χ1n) is 5.19. The van der Waals surface area contributed by atoms with Gasteiger partial charge >= 0.3 is 5.97 Å². The number of carbonyl (C=O) groups is 1. The van der Waals surface area contributed by atoms with Gasteiger partial charge in [0.1, 0.15) is 6.04 Å². The second-order valence-corrected chi connectivity index (χ2v) is 3.76. The first-order valence-corrected chi connectivity index (χ1v) is 5.19. The molecule has 1 aliphatic rings. The molecule has 88 valence electrons. The smallest absolute Gasteiger partial charge is 0.323 e. The Balaban J connectivity index is 0.00000128. The van der Waals surface area contributed by atoms with Crippen LogP contribution in [0.2, 0.25) is 0 Å². The molecule has 1 aliphatic heterocycles. The van der Waals surface area contributed by atoms with Gasteiger partial charge in [-0.25, -0.2) is 0 Å². The molecular formula is C12H16ClNO2. The molecule has 1 saturated heterocycles. The molecule has 4 heteroatoms. The third kappa shape index (κ3) is 2.54. The number of ether oxygens (including phenoxy) is 1. The van der Waals surface area contributed by atoms with Gasteiger partial charge in [0, 0.05) is 5.92 Å². The predicted octanol–water partition coefficient (Wildman–Crippen LogP) is 1.73. The van der Waals surface area contributed by atoms with Gasteiger partial charge in [0.25, 0.3) is 0 Å². The van der Waals surface area contributed by atoms with Crippen molar-refractivity contribution in [2.75, 3.05) is 13.7 Å². The van der Waals surface area contributed by atoms with Crippen LogP contribution < -0.4 is 5.32 Å². The largest absolute Gasteiger partial charge is 0.468 e. The van der Waals surface area contributed by atoms with E-state index in [4.69, 9.17) is 4.74 Å². The molecule has 0 saturated carbocycles. The second kappa shape index (κ2) is 5.87. The molecule has 0 unspecified atom stereocenters. The average molecular weight is 242 g/mol. The Morgan fingerprint density at radius 1 is 1.38 bits per heavy atom. The Hall–Kier alpha value is -1.06. The Bertz CT molecular complexity index is 342. The highest BCUT2D eigenvalue weighted by Crippen LogP contribution is 2.27. The van der Waals surface area contributed by atoms with Gasteiger partial charge in [-0.1, -0.05) is 30.3 Å². The number of nitrogens with one attached hydrogen (secondary N) is 1. The van der Waals surface area contributed by atoms with Crippen molar-refractivity contribution in [2.45, 2.75) is 18.4 Å². The van der Waals surface area contributed by atoms with Gasteiger partial charge in [-0.2, -0.15) is 0 Å². The molecule has 2 rings (SSSR count). The van der Waals surface area contributed by atoms with E-state index >= 15 is 0 Å². The topological polar surface area (TPSA) is 38.3 Å². The quantitative estimate of drug-likeness (QED) is 0.802. The van der Waals surface area contributed by atoms with Crippen LogP contribution in [0.3, 0.4) is 0 Å². The van der Waals surface area contributed by atoms with Crippen molar-refractivity contribution < 1.29 is 9.53 Å². The van der Waals surface area contributed by atoms with Crippen molar-refractivity contribution in [3.05, 3.63) is 35.9 Å². The number of carbonyl (C=O) groups excluding carboxylic acids is 1. The molecule has 1 heterocycles. The van der Waals surface area contributed by atoms with E-state index in [-0.39, 0.29) is 30.3 Å². The van der Waals surface area contributed by atoms with Gasteiger partial charge in [-0.3, -0.25) is 4.79 Å². The zero-order valence-electron chi connectivity index (χ0n) is 9.18. The predicted molar refractivity (Wildman–Crippen MR) is 64.9 cm³/mol. The molecule has 2 atom stereocenters. The van der Waals surface area contributed by atoms with Crippen LogP contribution in [0, 0.1) is 0 Å². The van der Waals surface area contributed by atoms with Crippen LogP contribution in [0.15, 0.2) is 30.3 Å².